The number of allylic oxidation sites excluding steroid dienone is 1. The van der Waals surface area contributed by atoms with Gasteiger partial charge in [-0.2, -0.15) is 0 Å². The van der Waals surface area contributed by atoms with Crippen molar-refractivity contribution in [1.82, 2.24) is 0 Å². The highest BCUT2D eigenvalue weighted by Crippen LogP contribution is 2.59. The zero-order valence-corrected chi connectivity index (χ0v) is 18.3. The second-order valence-corrected chi connectivity index (χ2v) is 9.32. The smallest absolute Gasteiger partial charge is 0.119 e. The molecule has 1 heteroatoms. The Morgan fingerprint density at radius 2 is 1.34 bits per heavy atom. The molecule has 2 aromatic rings. The molecule has 0 saturated heterocycles. The molecule has 29 heavy (non-hydrogen) atoms. The van der Waals surface area contributed by atoms with E-state index in [2.05, 4.69) is 74.5 Å². The molecule has 3 fully saturated rings. The molecule has 1 nitrogen and oxygen atoms in total. The lowest BCUT2D eigenvalue weighted by Gasteiger charge is -2.54. The quantitative estimate of drug-likeness (QED) is 0.415. The first kappa shape index (κ1) is 20.3. The number of fused-ring (bicyclic) bond motifs is 3. The zero-order chi connectivity index (χ0) is 20.2. The summed E-state index contributed by atoms with van der Waals surface area (Å²) in [6, 6.07) is 18.0. The SMILES string of the molecule is CC/C=C/COc1ccc(-c2ccc(C34CCC(CCC)(CC3)CC4)cc2)cc1. The first-order valence-electron chi connectivity index (χ1n) is 11.7. The van der Waals surface area contributed by atoms with Gasteiger partial charge in [0.1, 0.15) is 12.4 Å². The molecule has 154 valence electrons. The zero-order valence-electron chi connectivity index (χ0n) is 18.3. The van der Waals surface area contributed by atoms with E-state index in [1.54, 1.807) is 5.56 Å². The van der Waals surface area contributed by atoms with Gasteiger partial charge in [-0.05, 0) is 91.0 Å². The van der Waals surface area contributed by atoms with E-state index in [-0.39, 0.29) is 0 Å². The van der Waals surface area contributed by atoms with Crippen molar-refractivity contribution in [3.05, 3.63) is 66.2 Å². The highest BCUT2D eigenvalue weighted by Gasteiger charge is 2.48. The van der Waals surface area contributed by atoms with Crippen molar-refractivity contribution in [2.45, 2.75) is 77.0 Å². The predicted octanol–water partition coefficient (Wildman–Crippen LogP) is 8.09. The molecule has 0 spiro atoms. The lowest BCUT2D eigenvalue weighted by molar-refractivity contribution is 0.0320. The molecule has 0 amide bonds. The van der Waals surface area contributed by atoms with E-state index in [1.807, 2.05) is 0 Å². The number of benzene rings is 2. The Morgan fingerprint density at radius 1 is 0.759 bits per heavy atom. The lowest BCUT2D eigenvalue weighted by atomic mass is 9.51. The molecule has 0 N–H and O–H groups in total. The molecule has 3 aliphatic carbocycles. The largest absolute Gasteiger partial charge is 0.490 e. The van der Waals surface area contributed by atoms with Crippen molar-refractivity contribution in [2.75, 3.05) is 6.61 Å². The molecular formula is C28H36O. The molecular weight excluding hydrogens is 352 g/mol. The molecule has 3 aliphatic rings. The minimum absolute atomic E-state index is 0.456. The highest BCUT2D eigenvalue weighted by molar-refractivity contribution is 5.64. The molecule has 0 radical (unpaired) electrons. The highest BCUT2D eigenvalue weighted by atomic mass is 16.5. The van der Waals surface area contributed by atoms with Gasteiger partial charge in [-0.1, -0.05) is 68.8 Å². The number of hydrogen-bond donors (Lipinski definition) is 0. The normalized spacial score (nSPS) is 26.1. The summed E-state index contributed by atoms with van der Waals surface area (Å²) in [4.78, 5) is 0. The van der Waals surface area contributed by atoms with Crippen molar-refractivity contribution in [3.8, 4) is 16.9 Å². The molecule has 0 atom stereocenters. The van der Waals surface area contributed by atoms with E-state index in [9.17, 15) is 0 Å². The van der Waals surface area contributed by atoms with Crippen molar-refractivity contribution < 1.29 is 4.74 Å². The average molecular weight is 389 g/mol. The lowest BCUT2D eigenvalue weighted by Crippen LogP contribution is -2.44. The Labute approximate surface area is 177 Å². The minimum Gasteiger partial charge on any atom is -0.490 e. The van der Waals surface area contributed by atoms with Crippen LogP contribution in [0.2, 0.25) is 0 Å². The van der Waals surface area contributed by atoms with Crippen LogP contribution in [0.25, 0.3) is 11.1 Å². The van der Waals surface area contributed by atoms with Gasteiger partial charge >= 0.3 is 0 Å². The maximum Gasteiger partial charge on any atom is 0.119 e. The second-order valence-electron chi connectivity index (χ2n) is 9.32. The van der Waals surface area contributed by atoms with Crippen LogP contribution in [0.4, 0.5) is 0 Å². The first-order valence-corrected chi connectivity index (χ1v) is 11.7. The Balaban J connectivity index is 1.42. The van der Waals surface area contributed by atoms with Gasteiger partial charge in [0.05, 0.1) is 0 Å². The summed E-state index contributed by atoms with van der Waals surface area (Å²) < 4.78 is 5.77. The maximum absolute atomic E-state index is 5.77. The summed E-state index contributed by atoms with van der Waals surface area (Å²) in [6.07, 6.45) is 16.6. The molecule has 0 unspecified atom stereocenters. The van der Waals surface area contributed by atoms with E-state index in [0.29, 0.717) is 17.4 Å². The third-order valence-corrected chi connectivity index (χ3v) is 7.62. The Morgan fingerprint density at radius 3 is 1.90 bits per heavy atom. The Bertz CT molecular complexity index is 788. The Kier molecular flexibility index (Phi) is 6.13. The minimum atomic E-state index is 0.456. The molecule has 2 bridgehead atoms. The van der Waals surface area contributed by atoms with Crippen molar-refractivity contribution >= 4 is 0 Å². The fourth-order valence-corrected chi connectivity index (χ4v) is 5.74. The number of rotatable bonds is 8. The van der Waals surface area contributed by atoms with Crippen LogP contribution < -0.4 is 4.74 Å². The molecule has 0 heterocycles. The van der Waals surface area contributed by atoms with Gasteiger partial charge in [0.25, 0.3) is 0 Å². The van der Waals surface area contributed by atoms with Crippen LogP contribution in [0.3, 0.4) is 0 Å². The molecule has 0 aromatic heterocycles. The summed E-state index contributed by atoms with van der Waals surface area (Å²) in [5.41, 5.74) is 5.28. The van der Waals surface area contributed by atoms with Crippen molar-refractivity contribution in [3.63, 3.8) is 0 Å². The average Bonchev–Trinajstić information content (AvgIpc) is 2.79. The van der Waals surface area contributed by atoms with Crippen LogP contribution in [0.1, 0.15) is 77.2 Å². The third-order valence-electron chi connectivity index (χ3n) is 7.62. The van der Waals surface area contributed by atoms with E-state index >= 15 is 0 Å². The topological polar surface area (TPSA) is 9.23 Å². The van der Waals surface area contributed by atoms with Crippen LogP contribution in [0.15, 0.2) is 60.7 Å². The molecule has 3 saturated carbocycles. The van der Waals surface area contributed by atoms with Crippen LogP contribution in [-0.4, -0.2) is 6.61 Å². The van der Waals surface area contributed by atoms with Gasteiger partial charge in [0.15, 0.2) is 0 Å². The van der Waals surface area contributed by atoms with E-state index in [4.69, 9.17) is 4.74 Å². The first-order chi connectivity index (χ1) is 14.2. The summed E-state index contributed by atoms with van der Waals surface area (Å²) in [6.45, 7) is 5.13. The third kappa shape index (κ3) is 4.29. The van der Waals surface area contributed by atoms with E-state index in [0.717, 1.165) is 12.2 Å². The van der Waals surface area contributed by atoms with Crippen LogP contribution in [0.5, 0.6) is 5.75 Å². The van der Waals surface area contributed by atoms with Gasteiger partial charge in [0, 0.05) is 0 Å². The molecule has 5 rings (SSSR count). The summed E-state index contributed by atoms with van der Waals surface area (Å²) in [5.74, 6) is 0.935. The predicted molar refractivity (Wildman–Crippen MR) is 124 cm³/mol. The second kappa shape index (κ2) is 8.78. The fraction of sp³-hybridized carbons (Fsp3) is 0.500. The standard InChI is InChI=1S/C28H36O/c1-3-5-6-22-29-26-13-9-24(10-14-26)23-7-11-25(12-8-23)28-19-16-27(15-4-2,17-20-28)18-21-28/h5-14H,3-4,15-22H2,1-2H3/b6-5+. The molecule has 0 aliphatic heterocycles. The summed E-state index contributed by atoms with van der Waals surface area (Å²) >= 11 is 0. The van der Waals surface area contributed by atoms with Crippen LogP contribution >= 0.6 is 0 Å². The monoisotopic (exact) mass is 388 g/mol. The van der Waals surface area contributed by atoms with Gasteiger partial charge in [0.2, 0.25) is 0 Å². The number of hydrogen-bond acceptors (Lipinski definition) is 1. The van der Waals surface area contributed by atoms with Gasteiger partial charge in [-0.25, -0.2) is 0 Å². The van der Waals surface area contributed by atoms with E-state index < -0.39 is 0 Å². The molecule has 2 aromatic carbocycles. The van der Waals surface area contributed by atoms with Crippen molar-refractivity contribution in [1.29, 1.82) is 0 Å². The van der Waals surface area contributed by atoms with Gasteiger partial charge in [-0.15, -0.1) is 0 Å². The fourth-order valence-electron chi connectivity index (χ4n) is 5.74. The van der Waals surface area contributed by atoms with Crippen LogP contribution in [0, 0.1) is 5.41 Å². The van der Waals surface area contributed by atoms with Gasteiger partial charge < -0.3 is 4.74 Å². The van der Waals surface area contributed by atoms with Crippen molar-refractivity contribution in [2.24, 2.45) is 5.41 Å². The summed E-state index contributed by atoms with van der Waals surface area (Å²) in [7, 11) is 0. The van der Waals surface area contributed by atoms with Gasteiger partial charge in [-0.3, -0.25) is 0 Å². The van der Waals surface area contributed by atoms with E-state index in [1.165, 1.54) is 62.5 Å². The number of ether oxygens (including phenoxy) is 1. The maximum atomic E-state index is 5.77. The summed E-state index contributed by atoms with van der Waals surface area (Å²) in [5, 5.41) is 0. The van der Waals surface area contributed by atoms with Crippen LogP contribution in [-0.2, 0) is 5.41 Å². The Hall–Kier alpha value is -2.02.